The number of rotatable bonds is 15. The van der Waals surface area contributed by atoms with Gasteiger partial charge >= 0.3 is 12.1 Å². The molecule has 12 nitrogen and oxygen atoms in total. The van der Waals surface area contributed by atoms with E-state index in [-0.39, 0.29) is 31.7 Å². The van der Waals surface area contributed by atoms with E-state index in [1.54, 1.807) is 30.3 Å². The van der Waals surface area contributed by atoms with E-state index in [9.17, 15) is 28.8 Å². The van der Waals surface area contributed by atoms with Crippen molar-refractivity contribution in [2.24, 2.45) is 5.92 Å². The Morgan fingerprint density at radius 3 is 2.16 bits per heavy atom. The lowest BCUT2D eigenvalue weighted by molar-refractivity contribution is -0.144. The lowest BCUT2D eigenvalue weighted by Gasteiger charge is -2.30. The Kier molecular flexibility index (Phi) is 14.0. The van der Waals surface area contributed by atoms with Crippen LogP contribution in [-0.2, 0) is 39.6 Å². The van der Waals surface area contributed by atoms with Crippen LogP contribution in [0.4, 0.5) is 4.79 Å². The number of hydrogen-bond donors (Lipinski definition) is 3. The van der Waals surface area contributed by atoms with E-state index in [1.807, 2.05) is 13.8 Å². The second-order valence-electron chi connectivity index (χ2n) is 9.37. The maximum atomic E-state index is 13.2. The Hall–Kier alpha value is -2.95. The number of carbonyl (C=O) groups excluding carboxylic acids is 4. The molecule has 13 heteroatoms. The van der Waals surface area contributed by atoms with Crippen LogP contribution >= 0.6 is 7.37 Å². The minimum Gasteiger partial charge on any atom is -0.467 e. The number of methoxy groups -OCH3 is 1. The summed E-state index contributed by atoms with van der Waals surface area (Å²) in [5.74, 6) is -1.98. The van der Waals surface area contributed by atoms with Crippen LogP contribution in [0, 0.1) is 5.92 Å². The predicted octanol–water partition coefficient (Wildman–Crippen LogP) is 2.10. The molecule has 0 bridgehead atoms. The fourth-order valence-corrected chi connectivity index (χ4v) is 4.65. The SMILES string of the molecule is COC(=O)[C@H](C)NC(=O)[C@H](C)NC(=O)C(CCP(C)(=O)OCC(C)C)N(CO)C(=O)OCc1ccccc1. The highest BCUT2D eigenvalue weighted by molar-refractivity contribution is 7.58. The summed E-state index contributed by atoms with van der Waals surface area (Å²) in [4.78, 5) is 50.9. The van der Waals surface area contributed by atoms with Gasteiger partial charge in [0, 0.05) is 12.8 Å². The molecule has 3 N–H and O–H groups in total. The molecule has 4 atom stereocenters. The number of nitrogens with zero attached hydrogens (tertiary/aromatic N) is 1. The summed E-state index contributed by atoms with van der Waals surface area (Å²) >= 11 is 0. The molecule has 214 valence electrons. The molecule has 0 aliphatic heterocycles. The summed E-state index contributed by atoms with van der Waals surface area (Å²) in [6.07, 6.45) is -1.17. The first-order valence-corrected chi connectivity index (χ1v) is 14.5. The van der Waals surface area contributed by atoms with Gasteiger partial charge in [0.1, 0.15) is 31.5 Å². The van der Waals surface area contributed by atoms with E-state index in [2.05, 4.69) is 15.4 Å². The monoisotopic (exact) mass is 557 g/mol. The van der Waals surface area contributed by atoms with Crippen molar-refractivity contribution < 1.29 is 42.8 Å². The van der Waals surface area contributed by atoms with Crippen molar-refractivity contribution in [1.82, 2.24) is 15.5 Å². The average Bonchev–Trinajstić information content (AvgIpc) is 2.88. The second kappa shape index (κ2) is 16.1. The molecule has 3 amide bonds. The molecule has 1 aromatic carbocycles. The molecule has 2 unspecified atom stereocenters. The van der Waals surface area contributed by atoms with Crippen molar-refractivity contribution >= 4 is 31.2 Å². The van der Waals surface area contributed by atoms with Crippen molar-refractivity contribution in [3.63, 3.8) is 0 Å². The van der Waals surface area contributed by atoms with Crippen molar-refractivity contribution in [3.8, 4) is 0 Å². The number of amides is 3. The number of esters is 1. The van der Waals surface area contributed by atoms with Gasteiger partial charge in [-0.25, -0.2) is 9.59 Å². The summed E-state index contributed by atoms with van der Waals surface area (Å²) in [5, 5.41) is 14.9. The summed E-state index contributed by atoms with van der Waals surface area (Å²) in [6.45, 7) is 7.34. The maximum Gasteiger partial charge on any atom is 0.412 e. The van der Waals surface area contributed by atoms with Gasteiger partial charge < -0.3 is 29.7 Å². The number of aliphatic hydroxyl groups is 1. The van der Waals surface area contributed by atoms with E-state index >= 15 is 0 Å². The fourth-order valence-electron chi connectivity index (χ4n) is 3.19. The standard InChI is InChI=1S/C25H40N3O9P/c1-17(2)14-37-38(6,34)13-12-21(23(31)26-18(3)22(30)27-19(4)24(32)35-5)28(16-29)25(33)36-15-20-10-8-7-9-11-20/h7-11,17-19,21,29H,12-16H2,1-6H3,(H,26,31)(H,27,30)/t18-,19-,21?,38?/m0/s1. The lowest BCUT2D eigenvalue weighted by atomic mass is 10.1. The Morgan fingerprint density at radius 1 is 1.00 bits per heavy atom. The third kappa shape index (κ3) is 11.6. The van der Waals surface area contributed by atoms with Crippen LogP contribution in [0.2, 0.25) is 0 Å². The quantitative estimate of drug-likeness (QED) is 0.167. The Labute approximate surface area is 223 Å². The van der Waals surface area contributed by atoms with Gasteiger partial charge in [0.15, 0.2) is 7.37 Å². The number of aliphatic hydroxyl groups excluding tert-OH is 1. The molecule has 0 radical (unpaired) electrons. The first kappa shape index (κ1) is 33.1. The van der Waals surface area contributed by atoms with Crippen LogP contribution in [0.15, 0.2) is 30.3 Å². The molecule has 38 heavy (non-hydrogen) atoms. The first-order valence-electron chi connectivity index (χ1n) is 12.3. The Bertz CT molecular complexity index is 974. The van der Waals surface area contributed by atoms with Crippen LogP contribution < -0.4 is 10.6 Å². The molecular weight excluding hydrogens is 517 g/mol. The molecule has 0 aliphatic rings. The van der Waals surface area contributed by atoms with Crippen molar-refractivity contribution in [2.45, 2.75) is 58.8 Å². The minimum atomic E-state index is -3.14. The highest BCUT2D eigenvalue weighted by Gasteiger charge is 2.34. The molecule has 0 fully saturated rings. The van der Waals surface area contributed by atoms with Gasteiger partial charge in [0.25, 0.3) is 0 Å². The summed E-state index contributed by atoms with van der Waals surface area (Å²) < 4.78 is 28.3. The molecule has 0 spiro atoms. The van der Waals surface area contributed by atoms with Crippen molar-refractivity contribution in [3.05, 3.63) is 35.9 Å². The molecule has 0 aromatic heterocycles. The van der Waals surface area contributed by atoms with Crippen molar-refractivity contribution in [2.75, 3.05) is 33.3 Å². The van der Waals surface area contributed by atoms with Crippen LogP contribution in [0.5, 0.6) is 0 Å². The third-order valence-corrected chi connectivity index (χ3v) is 7.19. The van der Waals surface area contributed by atoms with Crippen LogP contribution in [-0.4, -0.2) is 85.3 Å². The number of carbonyl (C=O) groups is 4. The zero-order valence-corrected chi connectivity index (χ0v) is 23.7. The molecule has 0 saturated carbocycles. The lowest BCUT2D eigenvalue weighted by Crippen LogP contribution is -2.55. The van der Waals surface area contributed by atoms with Gasteiger partial charge in [-0.3, -0.25) is 19.1 Å². The van der Waals surface area contributed by atoms with E-state index in [4.69, 9.17) is 9.26 Å². The topological polar surface area (TPSA) is 161 Å². The van der Waals surface area contributed by atoms with E-state index in [0.717, 1.165) is 4.90 Å². The zero-order chi connectivity index (χ0) is 28.9. The van der Waals surface area contributed by atoms with E-state index < -0.39 is 56.1 Å². The Morgan fingerprint density at radius 2 is 1.61 bits per heavy atom. The number of hydrogen-bond acceptors (Lipinski definition) is 9. The molecule has 0 heterocycles. The zero-order valence-electron chi connectivity index (χ0n) is 22.8. The predicted molar refractivity (Wildman–Crippen MR) is 140 cm³/mol. The highest BCUT2D eigenvalue weighted by atomic mass is 31.2. The second-order valence-corrected chi connectivity index (χ2v) is 12.1. The molecular formula is C25H40N3O9P. The third-order valence-electron chi connectivity index (χ3n) is 5.43. The number of ether oxygens (including phenoxy) is 2. The van der Waals surface area contributed by atoms with Crippen LogP contribution in [0.25, 0.3) is 0 Å². The largest absolute Gasteiger partial charge is 0.467 e. The van der Waals surface area contributed by atoms with Gasteiger partial charge in [0.05, 0.1) is 13.7 Å². The van der Waals surface area contributed by atoms with Gasteiger partial charge in [-0.1, -0.05) is 44.2 Å². The summed E-state index contributed by atoms with van der Waals surface area (Å²) in [7, 11) is -1.96. The van der Waals surface area contributed by atoms with Crippen molar-refractivity contribution in [1.29, 1.82) is 0 Å². The van der Waals surface area contributed by atoms with E-state index in [0.29, 0.717) is 5.56 Å². The Balaban J connectivity index is 3.03. The summed E-state index contributed by atoms with van der Waals surface area (Å²) in [5.41, 5.74) is 0.699. The minimum absolute atomic E-state index is 0.0692. The number of benzene rings is 1. The first-order chi connectivity index (χ1) is 17.8. The smallest absolute Gasteiger partial charge is 0.412 e. The number of nitrogens with one attached hydrogen (secondary N) is 2. The van der Waals surface area contributed by atoms with Gasteiger partial charge in [-0.05, 0) is 31.7 Å². The van der Waals surface area contributed by atoms with E-state index in [1.165, 1.54) is 27.6 Å². The molecule has 0 aliphatic carbocycles. The maximum absolute atomic E-state index is 13.2. The fraction of sp³-hybridized carbons (Fsp3) is 0.600. The molecule has 1 rings (SSSR count). The van der Waals surface area contributed by atoms with Crippen LogP contribution in [0.3, 0.4) is 0 Å². The van der Waals surface area contributed by atoms with Gasteiger partial charge in [-0.2, -0.15) is 0 Å². The van der Waals surface area contributed by atoms with Gasteiger partial charge in [0.2, 0.25) is 11.8 Å². The van der Waals surface area contributed by atoms with Crippen LogP contribution in [0.1, 0.15) is 39.7 Å². The van der Waals surface area contributed by atoms with Gasteiger partial charge in [-0.15, -0.1) is 0 Å². The average molecular weight is 558 g/mol. The highest BCUT2D eigenvalue weighted by Crippen LogP contribution is 2.44. The summed E-state index contributed by atoms with van der Waals surface area (Å²) in [6, 6.07) is 5.45. The molecule has 1 aromatic rings. The normalized spacial score (nSPS) is 14.9. The molecule has 0 saturated heterocycles.